The third-order valence-corrected chi connectivity index (χ3v) is 8.21. The van der Waals surface area contributed by atoms with Gasteiger partial charge in [-0.2, -0.15) is 0 Å². The van der Waals surface area contributed by atoms with Crippen LogP contribution in [-0.4, -0.2) is 32.6 Å². The molecule has 5 nitrogen and oxygen atoms in total. The Labute approximate surface area is 161 Å². The number of hydrogen-bond donors (Lipinski definition) is 0. The number of hydrogen-bond acceptors (Lipinski definition) is 5. The molecule has 146 valence electrons. The van der Waals surface area contributed by atoms with E-state index in [0.29, 0.717) is 19.4 Å². The van der Waals surface area contributed by atoms with Crippen LogP contribution in [0.15, 0.2) is 34.1 Å². The Balaban J connectivity index is 2.14. The Morgan fingerprint density at radius 1 is 1.26 bits per heavy atom. The van der Waals surface area contributed by atoms with E-state index in [4.69, 9.17) is 9.47 Å². The molecule has 3 rings (SSSR count). The van der Waals surface area contributed by atoms with E-state index in [1.165, 1.54) is 5.20 Å². The van der Waals surface area contributed by atoms with E-state index in [-0.39, 0.29) is 11.9 Å². The largest absolute Gasteiger partial charge is 0.463 e. The first-order chi connectivity index (χ1) is 12.6. The molecule has 0 aromatic rings. The highest BCUT2D eigenvalue weighted by Crippen LogP contribution is 2.50. The average Bonchev–Trinajstić information content (AvgIpc) is 2.73. The SMILES string of the molecule is CCOC(=O)/C=C1\CCC([Si](C)(C)C)=CC2=C(C)CC3C(=O)OC(=O)C3C21. The van der Waals surface area contributed by atoms with Crippen LogP contribution in [0, 0.1) is 17.8 Å². The van der Waals surface area contributed by atoms with Gasteiger partial charge in [0, 0.05) is 12.0 Å². The van der Waals surface area contributed by atoms with Crippen molar-refractivity contribution in [2.75, 3.05) is 6.61 Å². The summed E-state index contributed by atoms with van der Waals surface area (Å²) in [6.07, 6.45) is 5.91. The molecule has 3 atom stereocenters. The van der Waals surface area contributed by atoms with Crippen molar-refractivity contribution in [2.45, 2.75) is 52.8 Å². The number of rotatable bonds is 3. The van der Waals surface area contributed by atoms with Gasteiger partial charge in [0.15, 0.2) is 0 Å². The van der Waals surface area contributed by atoms with Crippen LogP contribution in [-0.2, 0) is 23.9 Å². The fourth-order valence-corrected chi connectivity index (χ4v) is 5.93. The predicted molar refractivity (Wildman–Crippen MR) is 104 cm³/mol. The lowest BCUT2D eigenvalue weighted by Gasteiger charge is -2.33. The lowest BCUT2D eigenvalue weighted by molar-refractivity contribution is -0.154. The molecular formula is C21H28O5Si. The fourth-order valence-electron chi connectivity index (χ4n) is 4.47. The molecule has 3 unspecified atom stereocenters. The molecule has 0 N–H and O–H groups in total. The molecule has 2 aliphatic carbocycles. The molecule has 0 amide bonds. The molecule has 1 aliphatic heterocycles. The molecule has 0 spiro atoms. The van der Waals surface area contributed by atoms with Crippen molar-refractivity contribution >= 4 is 26.0 Å². The van der Waals surface area contributed by atoms with Crippen molar-refractivity contribution in [3.63, 3.8) is 0 Å². The van der Waals surface area contributed by atoms with Crippen molar-refractivity contribution < 1.29 is 23.9 Å². The van der Waals surface area contributed by atoms with Crippen LogP contribution in [0.1, 0.15) is 33.1 Å². The molecular weight excluding hydrogens is 360 g/mol. The molecule has 0 bridgehead atoms. The quantitative estimate of drug-likeness (QED) is 0.319. The van der Waals surface area contributed by atoms with Crippen molar-refractivity contribution in [2.24, 2.45) is 17.8 Å². The topological polar surface area (TPSA) is 69.7 Å². The van der Waals surface area contributed by atoms with Gasteiger partial charge in [0.1, 0.15) is 0 Å². The zero-order valence-electron chi connectivity index (χ0n) is 16.8. The van der Waals surface area contributed by atoms with Crippen LogP contribution in [0.2, 0.25) is 19.6 Å². The fraction of sp³-hybridized carbons (Fsp3) is 0.571. The molecule has 1 heterocycles. The van der Waals surface area contributed by atoms with E-state index in [0.717, 1.165) is 23.1 Å². The van der Waals surface area contributed by atoms with Gasteiger partial charge in [0.25, 0.3) is 0 Å². The summed E-state index contributed by atoms with van der Waals surface area (Å²) in [5, 5.41) is 1.42. The van der Waals surface area contributed by atoms with Crippen LogP contribution < -0.4 is 0 Å². The molecule has 6 heteroatoms. The molecule has 27 heavy (non-hydrogen) atoms. The summed E-state index contributed by atoms with van der Waals surface area (Å²) < 4.78 is 10.1. The van der Waals surface area contributed by atoms with E-state index in [9.17, 15) is 14.4 Å². The first kappa shape index (κ1) is 19.8. The normalized spacial score (nSPS) is 29.7. The number of cyclic esters (lactones) is 2. The van der Waals surface area contributed by atoms with Crippen LogP contribution in [0.25, 0.3) is 0 Å². The van der Waals surface area contributed by atoms with Crippen molar-refractivity contribution in [1.82, 2.24) is 0 Å². The van der Waals surface area contributed by atoms with E-state index in [1.54, 1.807) is 13.0 Å². The smallest absolute Gasteiger partial charge is 0.330 e. The molecule has 1 fully saturated rings. The third kappa shape index (κ3) is 3.72. The zero-order valence-corrected chi connectivity index (χ0v) is 17.8. The molecule has 0 aromatic carbocycles. The summed E-state index contributed by atoms with van der Waals surface area (Å²) in [5.41, 5.74) is 3.09. The first-order valence-corrected chi connectivity index (χ1v) is 13.2. The highest BCUT2D eigenvalue weighted by Gasteiger charge is 2.53. The Kier molecular flexibility index (Phi) is 5.30. The lowest BCUT2D eigenvalue weighted by Crippen LogP contribution is -2.33. The van der Waals surface area contributed by atoms with E-state index < -0.39 is 31.8 Å². The highest BCUT2D eigenvalue weighted by molar-refractivity contribution is 6.83. The summed E-state index contributed by atoms with van der Waals surface area (Å²) in [7, 11) is -1.54. The second kappa shape index (κ2) is 7.22. The van der Waals surface area contributed by atoms with E-state index >= 15 is 0 Å². The molecule has 3 aliphatic rings. The number of ether oxygens (including phenoxy) is 2. The number of esters is 3. The van der Waals surface area contributed by atoms with E-state index in [2.05, 4.69) is 25.7 Å². The average molecular weight is 389 g/mol. The third-order valence-electron chi connectivity index (χ3n) is 5.89. The van der Waals surface area contributed by atoms with Gasteiger partial charge in [-0.15, -0.1) is 0 Å². The van der Waals surface area contributed by atoms with Gasteiger partial charge in [-0.25, -0.2) is 4.79 Å². The first-order valence-electron chi connectivity index (χ1n) is 9.67. The molecule has 0 saturated carbocycles. The van der Waals surface area contributed by atoms with Crippen molar-refractivity contribution in [3.8, 4) is 0 Å². The van der Waals surface area contributed by atoms with Crippen LogP contribution >= 0.6 is 0 Å². The number of fused-ring (bicyclic) bond motifs is 3. The van der Waals surface area contributed by atoms with Gasteiger partial charge in [0.05, 0.1) is 26.5 Å². The van der Waals surface area contributed by atoms with Gasteiger partial charge in [-0.1, -0.05) is 42.1 Å². The van der Waals surface area contributed by atoms with Crippen LogP contribution in [0.4, 0.5) is 0 Å². The van der Waals surface area contributed by atoms with Crippen LogP contribution in [0.5, 0.6) is 0 Å². The predicted octanol–water partition coefficient (Wildman–Crippen LogP) is 3.73. The molecule has 0 aromatic heterocycles. The minimum atomic E-state index is -1.54. The second-order valence-electron chi connectivity index (χ2n) is 8.68. The van der Waals surface area contributed by atoms with Crippen LogP contribution in [0.3, 0.4) is 0 Å². The maximum Gasteiger partial charge on any atom is 0.330 e. The second-order valence-corrected chi connectivity index (χ2v) is 13.8. The Morgan fingerprint density at radius 3 is 2.59 bits per heavy atom. The Bertz CT molecular complexity index is 781. The minimum Gasteiger partial charge on any atom is -0.463 e. The van der Waals surface area contributed by atoms with E-state index in [1.807, 2.05) is 6.92 Å². The van der Waals surface area contributed by atoms with Crippen molar-refractivity contribution in [3.05, 3.63) is 34.1 Å². The summed E-state index contributed by atoms with van der Waals surface area (Å²) in [6, 6.07) is 0. The monoisotopic (exact) mass is 388 g/mol. The summed E-state index contributed by atoms with van der Waals surface area (Å²) in [5.74, 6) is -2.54. The lowest BCUT2D eigenvalue weighted by atomic mass is 9.67. The zero-order chi connectivity index (χ0) is 19.9. The standard InChI is InChI=1S/C21H28O5Si/c1-6-25-17(22)10-13-7-8-14(27(3,4)5)11-15-12(2)9-16-19(18(13)15)21(24)26-20(16)23/h10-11,16,18-19H,6-9H2,1-5H3/b13-10+. The summed E-state index contributed by atoms with van der Waals surface area (Å²) in [6.45, 7) is 11.0. The minimum absolute atomic E-state index is 0.277. The Morgan fingerprint density at radius 2 is 1.96 bits per heavy atom. The maximum atomic E-state index is 12.5. The molecule has 1 saturated heterocycles. The van der Waals surface area contributed by atoms with Gasteiger partial charge >= 0.3 is 17.9 Å². The highest BCUT2D eigenvalue weighted by atomic mass is 28.3. The number of allylic oxidation sites excluding steroid dienone is 5. The summed E-state index contributed by atoms with van der Waals surface area (Å²) in [4.78, 5) is 36.9. The Hall–Kier alpha value is -1.95. The molecule has 0 radical (unpaired) electrons. The number of carbonyl (C=O) groups is 3. The van der Waals surface area contributed by atoms with Gasteiger partial charge in [-0.05, 0) is 38.7 Å². The van der Waals surface area contributed by atoms with Crippen molar-refractivity contribution in [1.29, 1.82) is 0 Å². The maximum absolute atomic E-state index is 12.5. The van der Waals surface area contributed by atoms with Gasteiger partial charge in [-0.3, -0.25) is 9.59 Å². The number of carbonyl (C=O) groups excluding carboxylic acids is 3. The van der Waals surface area contributed by atoms with Gasteiger partial charge in [0.2, 0.25) is 0 Å². The van der Waals surface area contributed by atoms with Gasteiger partial charge < -0.3 is 9.47 Å². The summed E-state index contributed by atoms with van der Waals surface area (Å²) >= 11 is 0.